The van der Waals surface area contributed by atoms with Crippen molar-refractivity contribution in [3.05, 3.63) is 24.0 Å². The van der Waals surface area contributed by atoms with Crippen LogP contribution in [0.4, 0.5) is 0 Å². The minimum Gasteiger partial charge on any atom is -0.456 e. The number of nitrogens with zero attached hydrogens (tertiary/aromatic N) is 1. The number of ketones is 1. The summed E-state index contributed by atoms with van der Waals surface area (Å²) in [6, 6.07) is 0. The molecule has 4 atom stereocenters. The molecule has 0 amide bonds. The number of hydrogen-bond acceptors (Lipinski definition) is 8. The first-order valence-corrected chi connectivity index (χ1v) is 7.60. The predicted octanol–water partition coefficient (Wildman–Crippen LogP) is 0.259. The van der Waals surface area contributed by atoms with E-state index in [0.717, 1.165) is 0 Å². The van der Waals surface area contributed by atoms with E-state index < -0.39 is 43.1 Å². The van der Waals surface area contributed by atoms with E-state index in [1.807, 2.05) is 0 Å². The van der Waals surface area contributed by atoms with E-state index in [9.17, 15) is 19.5 Å². The number of carbonyl (C=O) groups excluding carboxylic acids is 3. The van der Waals surface area contributed by atoms with Gasteiger partial charge in [-0.3, -0.25) is 14.4 Å². The van der Waals surface area contributed by atoms with Gasteiger partial charge in [-0.2, -0.15) is 0 Å². The summed E-state index contributed by atoms with van der Waals surface area (Å²) in [4.78, 5) is 35.9. The minimum atomic E-state index is -0.939. The van der Waals surface area contributed by atoms with Gasteiger partial charge in [0.25, 0.3) is 0 Å². The fraction of sp³-hybridized carbons (Fsp3) is 0.562. The fourth-order valence-corrected chi connectivity index (χ4v) is 2.72. The fourth-order valence-electron chi connectivity index (χ4n) is 2.72. The topological polar surface area (TPSA) is 102 Å². The molecule has 0 aromatic rings. The summed E-state index contributed by atoms with van der Waals surface area (Å²) in [6.07, 6.45) is 2.04. The van der Waals surface area contributed by atoms with Gasteiger partial charge in [-0.1, -0.05) is 6.08 Å². The van der Waals surface area contributed by atoms with Gasteiger partial charge in [0, 0.05) is 31.8 Å². The van der Waals surface area contributed by atoms with E-state index in [0.29, 0.717) is 12.0 Å². The van der Waals surface area contributed by atoms with E-state index in [4.69, 9.17) is 14.2 Å². The normalized spacial score (nSPS) is 29.2. The number of ether oxygens (including phenoxy) is 3. The van der Waals surface area contributed by atoms with E-state index in [1.165, 1.54) is 20.8 Å². The van der Waals surface area contributed by atoms with E-state index in [2.05, 4.69) is 0 Å². The van der Waals surface area contributed by atoms with Crippen molar-refractivity contribution in [3.8, 4) is 0 Å². The van der Waals surface area contributed by atoms with Crippen molar-refractivity contribution >= 4 is 17.7 Å². The molecule has 1 unspecified atom stereocenters. The van der Waals surface area contributed by atoms with Gasteiger partial charge in [-0.15, -0.1) is 0 Å². The van der Waals surface area contributed by atoms with Gasteiger partial charge in [-0.25, -0.2) is 0 Å². The molecule has 1 fully saturated rings. The van der Waals surface area contributed by atoms with Crippen LogP contribution in [0.5, 0.6) is 0 Å². The monoisotopic (exact) mass is 339 g/mol. The molecule has 0 saturated carbocycles. The third-order valence-corrected chi connectivity index (χ3v) is 3.74. The van der Waals surface area contributed by atoms with Gasteiger partial charge in [0.05, 0.1) is 6.61 Å². The van der Waals surface area contributed by atoms with Gasteiger partial charge in [0.15, 0.2) is 24.2 Å². The van der Waals surface area contributed by atoms with Crippen molar-refractivity contribution in [2.45, 2.75) is 51.7 Å². The van der Waals surface area contributed by atoms with Crippen LogP contribution in [0, 0.1) is 0 Å². The van der Waals surface area contributed by atoms with E-state index >= 15 is 0 Å². The lowest BCUT2D eigenvalue weighted by molar-refractivity contribution is -0.166. The number of esters is 2. The van der Waals surface area contributed by atoms with Gasteiger partial charge >= 0.3 is 11.9 Å². The molecule has 0 aromatic carbocycles. The maximum Gasteiger partial charge on any atom is 0.303 e. The molecule has 2 rings (SSSR count). The Morgan fingerprint density at radius 1 is 1.21 bits per heavy atom. The molecule has 0 spiro atoms. The Balaban J connectivity index is 2.30. The lowest BCUT2D eigenvalue weighted by Gasteiger charge is -2.30. The number of rotatable bonds is 5. The first-order valence-electron chi connectivity index (χ1n) is 7.60. The van der Waals surface area contributed by atoms with Crippen LogP contribution >= 0.6 is 0 Å². The Morgan fingerprint density at radius 3 is 2.38 bits per heavy atom. The molecule has 0 aromatic heterocycles. The highest BCUT2D eigenvalue weighted by Crippen LogP contribution is 2.31. The van der Waals surface area contributed by atoms with Gasteiger partial charge in [-0.05, 0) is 13.3 Å². The molecule has 0 bridgehead atoms. The Hall–Kier alpha value is -2.19. The lowest BCUT2D eigenvalue weighted by atomic mass is 10.1. The van der Waals surface area contributed by atoms with Crippen LogP contribution < -0.4 is 0 Å². The quantitative estimate of drug-likeness (QED) is 0.712. The summed E-state index contributed by atoms with van der Waals surface area (Å²) in [7, 11) is 0. The first-order chi connectivity index (χ1) is 11.3. The largest absolute Gasteiger partial charge is 0.456 e. The molecule has 1 saturated heterocycles. The van der Waals surface area contributed by atoms with E-state index in [1.54, 1.807) is 23.4 Å². The zero-order valence-corrected chi connectivity index (χ0v) is 13.8. The second-order valence-corrected chi connectivity index (χ2v) is 5.64. The van der Waals surface area contributed by atoms with E-state index in [-0.39, 0.29) is 5.78 Å². The number of carbonyl (C=O) groups is 3. The van der Waals surface area contributed by atoms with Gasteiger partial charge in [0.1, 0.15) is 6.10 Å². The van der Waals surface area contributed by atoms with Crippen molar-refractivity contribution in [2.75, 3.05) is 6.61 Å². The number of Topliss-reactive ketones (excluding diaryl/α,β-unsaturated/α-hetero) is 1. The highest BCUT2D eigenvalue weighted by atomic mass is 16.6. The molecule has 8 nitrogen and oxygen atoms in total. The molecule has 2 aliphatic rings. The highest BCUT2D eigenvalue weighted by molar-refractivity contribution is 5.93. The van der Waals surface area contributed by atoms with Crippen molar-refractivity contribution in [3.63, 3.8) is 0 Å². The maximum absolute atomic E-state index is 11.6. The summed E-state index contributed by atoms with van der Waals surface area (Å²) in [5, 5.41) is 9.49. The smallest absolute Gasteiger partial charge is 0.303 e. The Morgan fingerprint density at radius 2 is 1.83 bits per heavy atom. The molecule has 2 aliphatic heterocycles. The molecule has 8 heteroatoms. The second-order valence-electron chi connectivity index (χ2n) is 5.64. The first kappa shape index (κ1) is 18.2. The number of allylic oxidation sites excluding steroid dienone is 2. The molecule has 0 radical (unpaired) electrons. The SMILES string of the molecule is CC(=O)OC1[C@@H](CO)O[C@@H](N2C=CCC(C(C)=O)=C2)[C@H]1OC(C)=O. The molecule has 0 aliphatic carbocycles. The number of aliphatic hydroxyl groups excluding tert-OH is 1. The lowest BCUT2D eigenvalue weighted by Crippen LogP contribution is -2.44. The highest BCUT2D eigenvalue weighted by Gasteiger charge is 2.50. The second kappa shape index (κ2) is 7.59. The molecular formula is C16H21NO7. The summed E-state index contributed by atoms with van der Waals surface area (Å²) in [5.41, 5.74) is 0.569. The van der Waals surface area contributed by atoms with Crippen molar-refractivity contribution in [1.82, 2.24) is 4.90 Å². The van der Waals surface area contributed by atoms with Gasteiger partial charge < -0.3 is 24.2 Å². The third kappa shape index (κ3) is 4.01. The summed E-state index contributed by atoms with van der Waals surface area (Å²) in [5.74, 6) is -1.23. The Kier molecular flexibility index (Phi) is 5.74. The molecule has 132 valence electrons. The zero-order valence-electron chi connectivity index (χ0n) is 13.8. The minimum absolute atomic E-state index is 0.0818. The molecule has 2 heterocycles. The van der Waals surface area contributed by atoms with Crippen LogP contribution in [0.25, 0.3) is 0 Å². The van der Waals surface area contributed by atoms with Crippen LogP contribution in [0.15, 0.2) is 24.0 Å². The van der Waals surface area contributed by atoms with Crippen LogP contribution in [0.3, 0.4) is 0 Å². The van der Waals surface area contributed by atoms with Gasteiger partial charge in [0.2, 0.25) is 0 Å². The predicted molar refractivity (Wildman–Crippen MR) is 81.2 cm³/mol. The Labute approximate surface area is 139 Å². The average Bonchev–Trinajstić information content (AvgIpc) is 2.84. The number of aliphatic hydroxyl groups is 1. The summed E-state index contributed by atoms with van der Waals surface area (Å²) < 4.78 is 16.2. The van der Waals surface area contributed by atoms with Crippen molar-refractivity contribution in [2.24, 2.45) is 0 Å². The van der Waals surface area contributed by atoms with Crippen LogP contribution in [0.2, 0.25) is 0 Å². The standard InChI is InChI=1S/C16H21NO7/c1-9(19)12-5-4-6-17(7-12)16-15(23-11(3)21)14(22-10(2)20)13(8-18)24-16/h4,6-7,13-16,18H,5,8H2,1-3H3/t13-,14?,15+,16-/m1/s1. The Bertz CT molecular complexity index is 583. The van der Waals surface area contributed by atoms with Crippen molar-refractivity contribution in [1.29, 1.82) is 0 Å². The van der Waals surface area contributed by atoms with Crippen LogP contribution in [-0.2, 0) is 28.6 Å². The summed E-state index contributed by atoms with van der Waals surface area (Å²) in [6.45, 7) is 3.51. The number of hydrogen-bond donors (Lipinski definition) is 1. The zero-order chi connectivity index (χ0) is 17.9. The van der Waals surface area contributed by atoms with Crippen molar-refractivity contribution < 1.29 is 33.7 Å². The molecule has 24 heavy (non-hydrogen) atoms. The van der Waals surface area contributed by atoms with Crippen LogP contribution in [0.1, 0.15) is 27.2 Å². The third-order valence-electron chi connectivity index (χ3n) is 3.74. The maximum atomic E-state index is 11.6. The average molecular weight is 339 g/mol. The molecule has 1 N–H and O–H groups in total. The summed E-state index contributed by atoms with van der Waals surface area (Å²) >= 11 is 0. The molecular weight excluding hydrogens is 318 g/mol. The van der Waals surface area contributed by atoms with Crippen LogP contribution in [-0.4, -0.2) is 58.9 Å².